The van der Waals surface area contributed by atoms with Crippen LogP contribution in [-0.2, 0) is 9.47 Å². The van der Waals surface area contributed by atoms with Gasteiger partial charge in [-0.05, 0) is 13.0 Å². The second-order valence-electron chi connectivity index (χ2n) is 5.23. The summed E-state index contributed by atoms with van der Waals surface area (Å²) in [6, 6.07) is 1.62. The zero-order chi connectivity index (χ0) is 15.2. The summed E-state index contributed by atoms with van der Waals surface area (Å²) >= 11 is 0. The molecule has 8 heteroatoms. The topological polar surface area (TPSA) is 110 Å². The lowest BCUT2D eigenvalue weighted by Crippen LogP contribution is -2.46. The molecule has 0 aromatic carbocycles. The summed E-state index contributed by atoms with van der Waals surface area (Å²) in [7, 11) is 1.46. The summed E-state index contributed by atoms with van der Waals surface area (Å²) in [5.74, 6) is 0. The maximum atomic E-state index is 11.8. The number of aromatic amines is 1. The van der Waals surface area contributed by atoms with Gasteiger partial charge in [-0.25, -0.2) is 4.98 Å². The summed E-state index contributed by atoms with van der Waals surface area (Å²) < 4.78 is 12.8. The second kappa shape index (κ2) is 4.92. The van der Waals surface area contributed by atoms with Gasteiger partial charge in [0.2, 0.25) is 0 Å². The van der Waals surface area contributed by atoms with E-state index in [0.717, 1.165) is 0 Å². The Morgan fingerprint density at radius 3 is 3.05 bits per heavy atom. The highest BCUT2D eigenvalue weighted by atomic mass is 16.6. The van der Waals surface area contributed by atoms with Crippen LogP contribution in [0.3, 0.4) is 0 Å². The van der Waals surface area contributed by atoms with Crippen LogP contribution in [0.2, 0.25) is 0 Å². The van der Waals surface area contributed by atoms with Gasteiger partial charge in [0, 0.05) is 13.3 Å². The van der Waals surface area contributed by atoms with Crippen molar-refractivity contribution in [3.05, 3.63) is 28.9 Å². The Hall–Kier alpha value is -1.74. The van der Waals surface area contributed by atoms with Crippen molar-refractivity contribution in [2.75, 3.05) is 13.7 Å². The average Bonchev–Trinajstić information content (AvgIpc) is 3.01. The Kier molecular flexibility index (Phi) is 3.33. The molecule has 1 fully saturated rings. The minimum atomic E-state index is -1.07. The molecule has 0 amide bonds. The van der Waals surface area contributed by atoms with E-state index in [-0.39, 0.29) is 12.2 Å². The molecule has 1 aliphatic heterocycles. The van der Waals surface area contributed by atoms with Gasteiger partial charge in [-0.2, -0.15) is 0 Å². The standard InChI is InChI=1S/C13H17N3O5/c1-13(20-2)9(18)8(5-17)21-12(13)16-4-3-7-10(16)14-6-15-11(7)19/h3-4,6,8-9,12,17-18H,5H2,1-2H3,(H,14,15,19)/t8-,9-,12-,13-/m1/s1. The summed E-state index contributed by atoms with van der Waals surface area (Å²) in [6.45, 7) is 1.36. The average molecular weight is 295 g/mol. The molecule has 3 heterocycles. The molecule has 0 radical (unpaired) electrons. The lowest BCUT2D eigenvalue weighted by atomic mass is 9.96. The van der Waals surface area contributed by atoms with Gasteiger partial charge in [0.15, 0.2) is 6.23 Å². The Balaban J connectivity index is 2.13. The van der Waals surface area contributed by atoms with E-state index in [1.807, 2.05) is 0 Å². The van der Waals surface area contributed by atoms with Crippen LogP contribution in [0.4, 0.5) is 0 Å². The van der Waals surface area contributed by atoms with Gasteiger partial charge in [0.25, 0.3) is 5.56 Å². The van der Waals surface area contributed by atoms with Crippen LogP contribution in [-0.4, -0.2) is 56.3 Å². The Morgan fingerprint density at radius 1 is 1.62 bits per heavy atom. The van der Waals surface area contributed by atoms with E-state index >= 15 is 0 Å². The van der Waals surface area contributed by atoms with Crippen LogP contribution in [0.25, 0.3) is 11.0 Å². The molecule has 2 aromatic rings. The monoisotopic (exact) mass is 295 g/mol. The number of nitrogens with zero attached hydrogens (tertiary/aromatic N) is 2. The quantitative estimate of drug-likeness (QED) is 0.696. The molecule has 1 saturated heterocycles. The summed E-state index contributed by atoms with van der Waals surface area (Å²) in [4.78, 5) is 18.4. The molecule has 0 spiro atoms. The second-order valence-corrected chi connectivity index (χ2v) is 5.23. The van der Waals surface area contributed by atoms with Gasteiger partial charge in [-0.1, -0.05) is 0 Å². The lowest BCUT2D eigenvalue weighted by molar-refractivity contribution is -0.118. The molecule has 3 N–H and O–H groups in total. The van der Waals surface area contributed by atoms with Gasteiger partial charge < -0.3 is 29.2 Å². The molecule has 8 nitrogen and oxygen atoms in total. The number of aliphatic hydroxyl groups is 2. The van der Waals surface area contributed by atoms with Gasteiger partial charge in [0.05, 0.1) is 18.3 Å². The number of methoxy groups -OCH3 is 1. The largest absolute Gasteiger partial charge is 0.394 e. The Morgan fingerprint density at radius 2 is 2.38 bits per heavy atom. The number of H-pyrrole nitrogens is 1. The molecule has 4 atom stereocenters. The Bertz CT molecular complexity index is 711. The van der Waals surface area contributed by atoms with Crippen molar-refractivity contribution < 1.29 is 19.7 Å². The summed E-state index contributed by atoms with van der Waals surface area (Å²) in [5.41, 5.74) is -0.892. The van der Waals surface area contributed by atoms with Crippen molar-refractivity contribution in [1.29, 1.82) is 0 Å². The third-order valence-electron chi connectivity index (χ3n) is 4.12. The predicted octanol–water partition coefficient (Wildman–Crippen LogP) is -0.620. The molecule has 1 aliphatic rings. The molecule has 0 unspecified atom stereocenters. The first-order valence-electron chi connectivity index (χ1n) is 6.56. The molecule has 21 heavy (non-hydrogen) atoms. The fraction of sp³-hybridized carbons (Fsp3) is 0.538. The summed E-state index contributed by atoms with van der Waals surface area (Å²) in [6.07, 6.45) is 0.486. The van der Waals surface area contributed by atoms with Gasteiger partial charge in [0.1, 0.15) is 23.5 Å². The van der Waals surface area contributed by atoms with Crippen molar-refractivity contribution >= 4 is 11.0 Å². The van der Waals surface area contributed by atoms with E-state index in [9.17, 15) is 15.0 Å². The molecule has 0 saturated carbocycles. The normalized spacial score (nSPS) is 32.9. The number of fused-ring (bicyclic) bond motifs is 1. The first-order chi connectivity index (χ1) is 10.0. The first kappa shape index (κ1) is 14.2. The number of aromatic nitrogens is 3. The number of hydrogen-bond donors (Lipinski definition) is 3. The van der Waals surface area contributed by atoms with Crippen LogP contribution in [0.15, 0.2) is 23.4 Å². The number of aliphatic hydroxyl groups excluding tert-OH is 2. The van der Waals surface area contributed by atoms with E-state index in [0.29, 0.717) is 11.0 Å². The third-order valence-corrected chi connectivity index (χ3v) is 4.12. The van der Waals surface area contributed by atoms with Crippen molar-refractivity contribution in [3.63, 3.8) is 0 Å². The van der Waals surface area contributed by atoms with Crippen molar-refractivity contribution in [1.82, 2.24) is 14.5 Å². The van der Waals surface area contributed by atoms with Crippen LogP contribution < -0.4 is 5.56 Å². The van der Waals surface area contributed by atoms with E-state index in [1.165, 1.54) is 13.4 Å². The molecule has 0 bridgehead atoms. The van der Waals surface area contributed by atoms with E-state index < -0.39 is 24.0 Å². The highest BCUT2D eigenvalue weighted by molar-refractivity contribution is 5.74. The number of hydrogen-bond acceptors (Lipinski definition) is 6. The van der Waals surface area contributed by atoms with Gasteiger partial charge >= 0.3 is 0 Å². The smallest absolute Gasteiger partial charge is 0.260 e. The fourth-order valence-corrected chi connectivity index (χ4v) is 2.77. The molecule has 3 rings (SSSR count). The Labute approximate surface area is 119 Å². The highest BCUT2D eigenvalue weighted by Gasteiger charge is 2.54. The van der Waals surface area contributed by atoms with Gasteiger partial charge in [-0.3, -0.25) is 4.79 Å². The molecule has 0 aliphatic carbocycles. The number of ether oxygens (including phenoxy) is 2. The van der Waals surface area contributed by atoms with Crippen molar-refractivity contribution in [2.24, 2.45) is 0 Å². The predicted molar refractivity (Wildman–Crippen MR) is 72.8 cm³/mol. The first-order valence-corrected chi connectivity index (χ1v) is 6.56. The molecule has 114 valence electrons. The number of rotatable bonds is 3. The SMILES string of the molecule is CO[C@]1(C)[C@H](O)[C@@H](CO)O[C@H]1n1ccc2c(=O)[nH]cnc21. The van der Waals surface area contributed by atoms with Crippen LogP contribution in [0, 0.1) is 0 Å². The fourth-order valence-electron chi connectivity index (χ4n) is 2.77. The minimum Gasteiger partial charge on any atom is -0.394 e. The zero-order valence-corrected chi connectivity index (χ0v) is 11.7. The van der Waals surface area contributed by atoms with Crippen LogP contribution >= 0.6 is 0 Å². The van der Waals surface area contributed by atoms with E-state index in [4.69, 9.17) is 9.47 Å². The number of nitrogens with one attached hydrogen (secondary N) is 1. The molecular formula is C13H17N3O5. The maximum absolute atomic E-state index is 11.8. The third kappa shape index (κ3) is 1.91. The molecule has 2 aromatic heterocycles. The maximum Gasteiger partial charge on any atom is 0.260 e. The van der Waals surface area contributed by atoms with Crippen molar-refractivity contribution in [3.8, 4) is 0 Å². The van der Waals surface area contributed by atoms with Crippen LogP contribution in [0.1, 0.15) is 13.2 Å². The van der Waals surface area contributed by atoms with Gasteiger partial charge in [-0.15, -0.1) is 0 Å². The minimum absolute atomic E-state index is 0.255. The zero-order valence-electron chi connectivity index (χ0n) is 11.7. The lowest BCUT2D eigenvalue weighted by Gasteiger charge is -2.31. The van der Waals surface area contributed by atoms with E-state index in [1.54, 1.807) is 23.8 Å². The molecular weight excluding hydrogens is 278 g/mol. The highest BCUT2D eigenvalue weighted by Crippen LogP contribution is 2.41. The van der Waals surface area contributed by atoms with Crippen molar-refractivity contribution in [2.45, 2.75) is 31.0 Å². The summed E-state index contributed by atoms with van der Waals surface area (Å²) in [5, 5.41) is 20.0. The van der Waals surface area contributed by atoms with E-state index in [2.05, 4.69) is 9.97 Å². The van der Waals surface area contributed by atoms with Crippen LogP contribution in [0.5, 0.6) is 0 Å².